The molecule has 6 heteroatoms. The average Bonchev–Trinajstić information content (AvgIpc) is 2.61. The van der Waals surface area contributed by atoms with Crippen LogP contribution in [0.4, 0.5) is 0 Å². The number of aromatic nitrogens is 2. The van der Waals surface area contributed by atoms with Crippen LogP contribution in [0.15, 0.2) is 22.7 Å². The number of carbonyl (C=O) groups is 1. The molecule has 0 atom stereocenters. The fourth-order valence-electron chi connectivity index (χ4n) is 2.00. The van der Waals surface area contributed by atoms with Crippen molar-refractivity contribution in [3.05, 3.63) is 49.7 Å². The molecule has 20 heavy (non-hydrogen) atoms. The van der Waals surface area contributed by atoms with Gasteiger partial charge < -0.3 is 0 Å². The first kappa shape index (κ1) is 15.5. The van der Waals surface area contributed by atoms with Gasteiger partial charge in [-0.05, 0) is 40.5 Å². The van der Waals surface area contributed by atoms with Crippen molar-refractivity contribution in [2.45, 2.75) is 19.8 Å². The SMILES string of the molecule is Cc1nn(C)c(CC(=O)Cc2ccc(Cl)c(Cl)c2)c1Br. The number of nitrogens with zero attached hydrogens (tertiary/aromatic N) is 2. The van der Waals surface area contributed by atoms with Gasteiger partial charge >= 0.3 is 0 Å². The van der Waals surface area contributed by atoms with Gasteiger partial charge in [0.15, 0.2) is 0 Å². The van der Waals surface area contributed by atoms with Crippen molar-refractivity contribution in [2.24, 2.45) is 7.05 Å². The van der Waals surface area contributed by atoms with Crippen molar-refractivity contribution in [2.75, 3.05) is 0 Å². The highest BCUT2D eigenvalue weighted by Gasteiger charge is 2.15. The molecule has 3 nitrogen and oxygen atoms in total. The van der Waals surface area contributed by atoms with E-state index in [4.69, 9.17) is 23.2 Å². The number of halogens is 3. The number of hydrogen-bond acceptors (Lipinski definition) is 2. The number of carbonyl (C=O) groups excluding carboxylic acids is 1. The van der Waals surface area contributed by atoms with Gasteiger partial charge in [-0.15, -0.1) is 0 Å². The molecule has 0 spiro atoms. The maximum Gasteiger partial charge on any atom is 0.143 e. The summed E-state index contributed by atoms with van der Waals surface area (Å²) >= 11 is 15.3. The van der Waals surface area contributed by atoms with E-state index in [9.17, 15) is 4.79 Å². The molecule has 0 aliphatic rings. The fraction of sp³-hybridized carbons (Fsp3) is 0.286. The van der Waals surface area contributed by atoms with Crippen molar-refractivity contribution in [3.8, 4) is 0 Å². The predicted octanol–water partition coefficient (Wildman–Crippen LogP) is 4.15. The van der Waals surface area contributed by atoms with Crippen molar-refractivity contribution in [3.63, 3.8) is 0 Å². The zero-order valence-corrected chi connectivity index (χ0v) is 14.2. The summed E-state index contributed by atoms with van der Waals surface area (Å²) in [5, 5.41) is 5.24. The van der Waals surface area contributed by atoms with Crippen LogP contribution in [0.3, 0.4) is 0 Å². The van der Waals surface area contributed by atoms with E-state index < -0.39 is 0 Å². The fourth-order valence-corrected chi connectivity index (χ4v) is 2.80. The zero-order valence-electron chi connectivity index (χ0n) is 11.1. The Kier molecular flexibility index (Phi) is 4.89. The Balaban J connectivity index is 2.11. The Morgan fingerprint density at radius 2 is 2.00 bits per heavy atom. The summed E-state index contributed by atoms with van der Waals surface area (Å²) in [6.45, 7) is 1.90. The number of aryl methyl sites for hydroxylation is 2. The van der Waals surface area contributed by atoms with Gasteiger partial charge in [0.25, 0.3) is 0 Å². The molecular formula is C14H13BrCl2N2O. The van der Waals surface area contributed by atoms with Crippen molar-refractivity contribution < 1.29 is 4.79 Å². The number of Topliss-reactive ketones (excluding diaryl/α,β-unsaturated/α-hetero) is 1. The van der Waals surface area contributed by atoms with Gasteiger partial charge in [-0.25, -0.2) is 0 Å². The second-order valence-electron chi connectivity index (χ2n) is 4.61. The summed E-state index contributed by atoms with van der Waals surface area (Å²) in [4.78, 5) is 12.2. The van der Waals surface area contributed by atoms with Crippen molar-refractivity contribution in [1.29, 1.82) is 0 Å². The Bertz CT molecular complexity index is 667. The number of ketones is 1. The van der Waals surface area contributed by atoms with Gasteiger partial charge in [-0.1, -0.05) is 29.3 Å². The molecule has 0 saturated heterocycles. The minimum absolute atomic E-state index is 0.104. The minimum atomic E-state index is 0.104. The van der Waals surface area contributed by atoms with Crippen LogP contribution in [-0.2, 0) is 24.7 Å². The van der Waals surface area contributed by atoms with E-state index in [1.807, 2.05) is 20.0 Å². The molecule has 0 saturated carbocycles. The molecule has 2 aromatic rings. The van der Waals surface area contributed by atoms with Crippen LogP contribution in [0.2, 0.25) is 10.0 Å². The van der Waals surface area contributed by atoms with E-state index in [2.05, 4.69) is 21.0 Å². The highest BCUT2D eigenvalue weighted by molar-refractivity contribution is 9.10. The largest absolute Gasteiger partial charge is 0.299 e. The van der Waals surface area contributed by atoms with Gasteiger partial charge in [0.2, 0.25) is 0 Å². The van der Waals surface area contributed by atoms with Gasteiger partial charge in [0.1, 0.15) is 5.78 Å². The van der Waals surface area contributed by atoms with E-state index in [0.717, 1.165) is 21.4 Å². The Morgan fingerprint density at radius 1 is 1.30 bits per heavy atom. The summed E-state index contributed by atoms with van der Waals surface area (Å²) in [7, 11) is 1.83. The quantitative estimate of drug-likeness (QED) is 0.804. The van der Waals surface area contributed by atoms with Crippen molar-refractivity contribution in [1.82, 2.24) is 9.78 Å². The number of benzene rings is 1. The van der Waals surface area contributed by atoms with Crippen LogP contribution in [0, 0.1) is 6.92 Å². The molecule has 106 valence electrons. The van der Waals surface area contributed by atoms with Crippen LogP contribution < -0.4 is 0 Å². The van der Waals surface area contributed by atoms with Gasteiger partial charge in [-0.3, -0.25) is 9.48 Å². The Hall–Kier alpha value is -0.840. The molecule has 0 aliphatic heterocycles. The van der Waals surface area contributed by atoms with Crippen LogP contribution in [0.5, 0.6) is 0 Å². The molecule has 1 aromatic heterocycles. The molecule has 0 unspecified atom stereocenters. The summed E-state index contributed by atoms with van der Waals surface area (Å²) in [6, 6.07) is 5.25. The zero-order chi connectivity index (χ0) is 14.9. The maximum absolute atomic E-state index is 12.2. The third-order valence-electron chi connectivity index (χ3n) is 3.01. The number of rotatable bonds is 4. The molecular weight excluding hydrogens is 363 g/mol. The third-order valence-corrected chi connectivity index (χ3v) is 4.78. The lowest BCUT2D eigenvalue weighted by molar-refractivity contribution is -0.117. The lowest BCUT2D eigenvalue weighted by atomic mass is 10.1. The van der Waals surface area contributed by atoms with Crippen LogP contribution in [0.25, 0.3) is 0 Å². The summed E-state index contributed by atoms with van der Waals surface area (Å²) < 4.78 is 2.62. The molecule has 0 radical (unpaired) electrons. The number of hydrogen-bond donors (Lipinski definition) is 0. The smallest absolute Gasteiger partial charge is 0.143 e. The van der Waals surface area contributed by atoms with E-state index in [1.54, 1.807) is 16.8 Å². The summed E-state index contributed by atoms with van der Waals surface area (Å²) in [5.74, 6) is 0.104. The first-order chi connectivity index (χ1) is 9.38. The van der Waals surface area contributed by atoms with E-state index in [0.29, 0.717) is 22.9 Å². The monoisotopic (exact) mass is 374 g/mol. The lowest BCUT2D eigenvalue weighted by Crippen LogP contribution is -2.10. The summed E-state index contributed by atoms with van der Waals surface area (Å²) in [6.07, 6.45) is 0.658. The van der Waals surface area contributed by atoms with Crippen LogP contribution in [-0.4, -0.2) is 15.6 Å². The highest BCUT2D eigenvalue weighted by atomic mass is 79.9. The second-order valence-corrected chi connectivity index (χ2v) is 6.22. The van der Waals surface area contributed by atoms with Gasteiger partial charge in [0, 0.05) is 19.9 Å². The normalized spacial score (nSPS) is 10.8. The van der Waals surface area contributed by atoms with Crippen molar-refractivity contribution >= 4 is 44.9 Å². The van der Waals surface area contributed by atoms with E-state index >= 15 is 0 Å². The molecule has 0 bridgehead atoms. The minimum Gasteiger partial charge on any atom is -0.299 e. The van der Waals surface area contributed by atoms with Gasteiger partial charge in [0.05, 0.1) is 25.9 Å². The molecule has 0 aliphatic carbocycles. The topological polar surface area (TPSA) is 34.9 Å². The summed E-state index contributed by atoms with van der Waals surface area (Å²) in [5.41, 5.74) is 2.62. The highest BCUT2D eigenvalue weighted by Crippen LogP contribution is 2.24. The van der Waals surface area contributed by atoms with Crippen LogP contribution >= 0.6 is 39.1 Å². The molecule has 1 aromatic carbocycles. The van der Waals surface area contributed by atoms with Crippen LogP contribution in [0.1, 0.15) is 17.0 Å². The first-order valence-electron chi connectivity index (χ1n) is 6.02. The Labute approximate surface area is 136 Å². The maximum atomic E-state index is 12.2. The molecule has 0 N–H and O–H groups in total. The molecule has 0 fully saturated rings. The van der Waals surface area contributed by atoms with E-state index in [1.165, 1.54) is 0 Å². The molecule has 0 amide bonds. The third kappa shape index (κ3) is 3.43. The first-order valence-corrected chi connectivity index (χ1v) is 7.57. The second kappa shape index (κ2) is 6.29. The standard InChI is InChI=1S/C14H13BrCl2N2O/c1-8-14(15)13(19(2)18-8)7-10(20)5-9-3-4-11(16)12(17)6-9/h3-4,6H,5,7H2,1-2H3. The van der Waals surface area contributed by atoms with E-state index in [-0.39, 0.29) is 5.78 Å². The Morgan fingerprint density at radius 3 is 2.55 bits per heavy atom. The van der Waals surface area contributed by atoms with Gasteiger partial charge in [-0.2, -0.15) is 5.10 Å². The molecule has 1 heterocycles. The predicted molar refractivity (Wildman–Crippen MR) is 84.5 cm³/mol. The average molecular weight is 376 g/mol. The lowest BCUT2D eigenvalue weighted by Gasteiger charge is -2.04. The molecule has 2 rings (SSSR count).